The maximum absolute atomic E-state index is 5.98. The van der Waals surface area contributed by atoms with Crippen LogP contribution in [0, 0.1) is 0 Å². The lowest BCUT2D eigenvalue weighted by Gasteiger charge is -2.13. The minimum absolute atomic E-state index is 0.199. The number of ether oxygens (including phenoxy) is 2. The predicted octanol–water partition coefficient (Wildman–Crippen LogP) is 4.21. The lowest BCUT2D eigenvalue weighted by Crippen LogP contribution is -2.15. The molecule has 0 bridgehead atoms. The van der Waals surface area contributed by atoms with Gasteiger partial charge in [0.25, 0.3) is 0 Å². The molecule has 0 aliphatic rings. The van der Waals surface area contributed by atoms with Crippen molar-refractivity contribution >= 4 is 11.6 Å². The Balaban J connectivity index is 2.04. The van der Waals surface area contributed by atoms with Crippen LogP contribution in [-0.4, -0.2) is 13.2 Å². The van der Waals surface area contributed by atoms with E-state index >= 15 is 0 Å². The number of rotatable bonds is 7. The average molecular weight is 320 g/mol. The Kier molecular flexibility index (Phi) is 6.10. The Hall–Kier alpha value is -1.71. The maximum Gasteiger partial charge on any atom is 0.161 e. The summed E-state index contributed by atoms with van der Waals surface area (Å²) in [5.74, 6) is 1.47. The summed E-state index contributed by atoms with van der Waals surface area (Å²) in [6, 6.07) is 13.8. The predicted molar refractivity (Wildman–Crippen MR) is 90.7 cm³/mol. The third kappa shape index (κ3) is 4.93. The Bertz CT molecular complexity index is 614. The topological polar surface area (TPSA) is 44.5 Å². The van der Waals surface area contributed by atoms with Gasteiger partial charge in [-0.1, -0.05) is 29.8 Å². The lowest BCUT2D eigenvalue weighted by atomic mass is 10.1. The highest BCUT2D eigenvalue weighted by atomic mass is 35.5. The van der Waals surface area contributed by atoms with Gasteiger partial charge in [0, 0.05) is 11.1 Å². The van der Waals surface area contributed by atoms with E-state index in [1.165, 1.54) is 5.56 Å². The Morgan fingerprint density at radius 1 is 1.09 bits per heavy atom. The van der Waals surface area contributed by atoms with Crippen LogP contribution in [0.3, 0.4) is 0 Å². The first-order chi connectivity index (χ1) is 10.6. The first-order valence-electron chi connectivity index (χ1n) is 7.38. The first-order valence-corrected chi connectivity index (χ1v) is 7.76. The summed E-state index contributed by atoms with van der Waals surface area (Å²) in [6.07, 6.45) is 1.88. The van der Waals surface area contributed by atoms with Crippen LogP contribution in [0.2, 0.25) is 5.02 Å². The van der Waals surface area contributed by atoms with Crippen molar-refractivity contribution in [2.75, 3.05) is 7.11 Å². The summed E-state index contributed by atoms with van der Waals surface area (Å²) >= 11 is 5.98. The largest absolute Gasteiger partial charge is 0.493 e. The highest BCUT2D eigenvalue weighted by Gasteiger charge is 2.07. The molecule has 0 saturated carbocycles. The molecule has 0 aliphatic carbocycles. The molecule has 2 aromatic rings. The average Bonchev–Trinajstić information content (AvgIpc) is 2.51. The number of benzene rings is 2. The summed E-state index contributed by atoms with van der Waals surface area (Å²) in [5.41, 5.74) is 8.02. The molecule has 2 rings (SSSR count). The maximum atomic E-state index is 5.98. The van der Waals surface area contributed by atoms with E-state index in [2.05, 4.69) is 6.07 Å². The number of hydrogen-bond acceptors (Lipinski definition) is 3. The van der Waals surface area contributed by atoms with Gasteiger partial charge in [-0.25, -0.2) is 0 Å². The SMILES string of the molecule is COc1cc(CCC(C)N)ccc1OCc1cccc(Cl)c1. The van der Waals surface area contributed by atoms with Gasteiger partial charge in [-0.05, 0) is 55.2 Å². The standard InChI is InChI=1S/C18H22ClNO2/c1-13(20)6-7-14-8-9-17(18(11-14)21-2)22-12-15-4-3-5-16(19)10-15/h3-5,8-11,13H,6-7,12,20H2,1-2H3. The van der Waals surface area contributed by atoms with Crippen molar-refractivity contribution < 1.29 is 9.47 Å². The number of halogens is 1. The number of methoxy groups -OCH3 is 1. The van der Waals surface area contributed by atoms with E-state index in [4.69, 9.17) is 26.8 Å². The highest BCUT2D eigenvalue weighted by molar-refractivity contribution is 6.30. The molecular formula is C18H22ClNO2. The molecule has 0 spiro atoms. The van der Waals surface area contributed by atoms with Crippen LogP contribution in [0.15, 0.2) is 42.5 Å². The fourth-order valence-electron chi connectivity index (χ4n) is 2.17. The van der Waals surface area contributed by atoms with Crippen molar-refractivity contribution in [3.05, 3.63) is 58.6 Å². The molecule has 22 heavy (non-hydrogen) atoms. The fourth-order valence-corrected chi connectivity index (χ4v) is 2.38. The summed E-state index contributed by atoms with van der Waals surface area (Å²) in [7, 11) is 1.65. The number of aryl methyl sites for hydroxylation is 1. The second-order valence-corrected chi connectivity index (χ2v) is 5.86. The zero-order chi connectivity index (χ0) is 15.9. The molecule has 0 saturated heterocycles. The molecule has 4 heteroatoms. The van der Waals surface area contributed by atoms with E-state index in [1.807, 2.05) is 43.3 Å². The van der Waals surface area contributed by atoms with Crippen molar-refractivity contribution in [3.8, 4) is 11.5 Å². The van der Waals surface area contributed by atoms with Crippen LogP contribution in [0.5, 0.6) is 11.5 Å². The Morgan fingerprint density at radius 2 is 1.91 bits per heavy atom. The molecule has 2 N–H and O–H groups in total. The first kappa shape index (κ1) is 16.7. The van der Waals surface area contributed by atoms with Gasteiger partial charge in [-0.3, -0.25) is 0 Å². The number of nitrogens with two attached hydrogens (primary N) is 1. The molecule has 2 aromatic carbocycles. The molecule has 0 radical (unpaired) electrons. The van der Waals surface area contributed by atoms with Crippen molar-refractivity contribution in [2.45, 2.75) is 32.4 Å². The van der Waals surface area contributed by atoms with Crippen molar-refractivity contribution in [1.29, 1.82) is 0 Å². The van der Waals surface area contributed by atoms with Gasteiger partial charge >= 0.3 is 0 Å². The minimum atomic E-state index is 0.199. The smallest absolute Gasteiger partial charge is 0.161 e. The van der Waals surface area contributed by atoms with E-state index in [0.29, 0.717) is 11.6 Å². The Labute approximate surface area is 137 Å². The lowest BCUT2D eigenvalue weighted by molar-refractivity contribution is 0.284. The van der Waals surface area contributed by atoms with Crippen LogP contribution < -0.4 is 15.2 Å². The van der Waals surface area contributed by atoms with Crippen LogP contribution in [0.1, 0.15) is 24.5 Å². The third-order valence-electron chi connectivity index (χ3n) is 3.40. The second-order valence-electron chi connectivity index (χ2n) is 5.42. The number of hydrogen-bond donors (Lipinski definition) is 1. The Morgan fingerprint density at radius 3 is 2.59 bits per heavy atom. The monoisotopic (exact) mass is 319 g/mol. The van der Waals surface area contributed by atoms with E-state index in [1.54, 1.807) is 7.11 Å². The van der Waals surface area contributed by atoms with Gasteiger partial charge in [0.05, 0.1) is 7.11 Å². The van der Waals surface area contributed by atoms with Crippen LogP contribution >= 0.6 is 11.6 Å². The van der Waals surface area contributed by atoms with Crippen molar-refractivity contribution in [3.63, 3.8) is 0 Å². The molecule has 1 atom stereocenters. The molecule has 118 valence electrons. The highest BCUT2D eigenvalue weighted by Crippen LogP contribution is 2.29. The van der Waals surface area contributed by atoms with Gasteiger partial charge in [0.1, 0.15) is 6.61 Å². The second kappa shape index (κ2) is 8.06. The molecular weight excluding hydrogens is 298 g/mol. The van der Waals surface area contributed by atoms with Gasteiger partial charge in [0.2, 0.25) is 0 Å². The van der Waals surface area contributed by atoms with Crippen LogP contribution in [0.4, 0.5) is 0 Å². The van der Waals surface area contributed by atoms with Crippen LogP contribution in [0.25, 0.3) is 0 Å². The summed E-state index contributed by atoms with van der Waals surface area (Å²) < 4.78 is 11.3. The molecule has 0 aromatic heterocycles. The van der Waals surface area contributed by atoms with Gasteiger partial charge in [-0.2, -0.15) is 0 Å². The summed E-state index contributed by atoms with van der Waals surface area (Å²) in [5, 5.41) is 0.708. The third-order valence-corrected chi connectivity index (χ3v) is 3.63. The zero-order valence-corrected chi connectivity index (χ0v) is 13.8. The quantitative estimate of drug-likeness (QED) is 0.831. The normalized spacial score (nSPS) is 12.0. The van der Waals surface area contributed by atoms with Crippen molar-refractivity contribution in [1.82, 2.24) is 0 Å². The molecule has 3 nitrogen and oxygen atoms in total. The molecule has 0 fully saturated rings. The summed E-state index contributed by atoms with van der Waals surface area (Å²) in [6.45, 7) is 2.47. The van der Waals surface area contributed by atoms with E-state index in [9.17, 15) is 0 Å². The van der Waals surface area contributed by atoms with E-state index in [-0.39, 0.29) is 6.04 Å². The molecule has 0 aliphatic heterocycles. The van der Waals surface area contributed by atoms with Gasteiger partial charge in [0.15, 0.2) is 11.5 Å². The van der Waals surface area contributed by atoms with E-state index < -0.39 is 0 Å². The minimum Gasteiger partial charge on any atom is -0.493 e. The van der Waals surface area contributed by atoms with Gasteiger partial charge < -0.3 is 15.2 Å². The van der Waals surface area contributed by atoms with Crippen molar-refractivity contribution in [2.24, 2.45) is 5.73 Å². The molecule has 0 amide bonds. The van der Waals surface area contributed by atoms with Gasteiger partial charge in [-0.15, -0.1) is 0 Å². The fraction of sp³-hybridized carbons (Fsp3) is 0.333. The zero-order valence-electron chi connectivity index (χ0n) is 13.0. The summed E-state index contributed by atoms with van der Waals surface area (Å²) in [4.78, 5) is 0. The van der Waals surface area contributed by atoms with Crippen LogP contribution in [-0.2, 0) is 13.0 Å². The van der Waals surface area contributed by atoms with E-state index in [0.717, 1.165) is 29.9 Å². The molecule has 1 unspecified atom stereocenters. The molecule has 0 heterocycles.